The van der Waals surface area contributed by atoms with E-state index in [0.29, 0.717) is 58.0 Å². The minimum atomic E-state index is -1.93. The molecular weight excluding hydrogens is 909 g/mol. The number of phenolic OH excluding ortho intramolecular Hbond substituents is 2. The highest BCUT2D eigenvalue weighted by Gasteiger charge is 2.50. The number of hydrogen-bond donors (Lipinski definition) is 5. The number of amides is 2. The number of allylic oxidation sites excluding steroid dienone is 3. The quantitative estimate of drug-likeness (QED) is 0.118. The van der Waals surface area contributed by atoms with E-state index in [1.54, 1.807) is 50.0 Å². The molecule has 2 fully saturated rings. The predicted molar refractivity (Wildman–Crippen MR) is 265 cm³/mol. The van der Waals surface area contributed by atoms with Crippen LogP contribution in [0.4, 0.5) is 5.69 Å². The van der Waals surface area contributed by atoms with Gasteiger partial charge in [-0.15, -0.1) is 0 Å². The summed E-state index contributed by atoms with van der Waals surface area (Å²) >= 11 is 0. The highest BCUT2D eigenvalue weighted by Crippen LogP contribution is 2.50. The fourth-order valence-corrected chi connectivity index (χ4v) is 10.2. The highest BCUT2D eigenvalue weighted by molar-refractivity contribution is 6.19. The number of aromatic hydroxyl groups is 2. The first-order chi connectivity index (χ1) is 33.8. The molecule has 17 heteroatoms. The van der Waals surface area contributed by atoms with Crippen molar-refractivity contribution in [3.63, 3.8) is 0 Å². The van der Waals surface area contributed by atoms with E-state index < -0.39 is 65.5 Å². The van der Waals surface area contributed by atoms with Crippen molar-refractivity contribution in [2.24, 2.45) is 21.8 Å². The van der Waals surface area contributed by atoms with Gasteiger partial charge in [-0.2, -0.15) is 0 Å². The second-order valence-electron chi connectivity index (χ2n) is 20.4. The van der Waals surface area contributed by atoms with Crippen molar-refractivity contribution in [1.29, 1.82) is 0 Å². The molecule has 1 spiro atoms. The number of ketones is 1. The van der Waals surface area contributed by atoms with Crippen LogP contribution in [0.5, 0.6) is 17.2 Å². The van der Waals surface area contributed by atoms with E-state index in [0.717, 1.165) is 13.1 Å². The number of aliphatic hydroxyl groups is 2. The van der Waals surface area contributed by atoms with Crippen molar-refractivity contribution in [1.82, 2.24) is 14.7 Å². The number of anilines is 1. The molecule has 3 aromatic carbocycles. The first-order valence-corrected chi connectivity index (χ1v) is 24.9. The number of likely N-dealkylation sites (tertiary alicyclic amines) is 1. The molecule has 6 heterocycles. The molecule has 6 aliphatic rings. The number of ether oxygens (including phenoxy) is 3. The first kappa shape index (κ1) is 51.2. The molecule has 0 saturated carbocycles. The first-order valence-electron chi connectivity index (χ1n) is 24.9. The van der Waals surface area contributed by atoms with Crippen LogP contribution in [0.1, 0.15) is 101 Å². The lowest BCUT2D eigenvalue weighted by Crippen LogP contribution is -2.48. The number of phenols is 2. The van der Waals surface area contributed by atoms with E-state index in [2.05, 4.69) is 41.1 Å². The summed E-state index contributed by atoms with van der Waals surface area (Å²) in [6.45, 7) is 16.0. The molecule has 5 N–H and O–H groups in total. The van der Waals surface area contributed by atoms with Gasteiger partial charge in [0.2, 0.25) is 5.91 Å². The number of aliphatic hydroxyl groups excluding tert-OH is 2. The lowest BCUT2D eigenvalue weighted by atomic mass is 9.93. The van der Waals surface area contributed by atoms with Gasteiger partial charge in [-0.1, -0.05) is 69.3 Å². The summed E-state index contributed by atoms with van der Waals surface area (Å²) in [5.41, 5.74) is 0.607. The van der Waals surface area contributed by atoms with Crippen LogP contribution in [-0.2, 0) is 30.4 Å². The Hall–Kier alpha value is -6.14. The summed E-state index contributed by atoms with van der Waals surface area (Å²) in [6.07, 6.45) is 5.81. The maximum atomic E-state index is 14.7. The molecule has 2 saturated heterocycles. The van der Waals surface area contributed by atoms with E-state index in [1.165, 1.54) is 18.7 Å². The van der Waals surface area contributed by atoms with Gasteiger partial charge in [0, 0.05) is 101 Å². The fraction of sp³-hybridized carbons (Fsp3) is 0.519. The van der Waals surface area contributed by atoms with Crippen LogP contribution in [-0.4, -0.2) is 134 Å². The lowest BCUT2D eigenvalue weighted by molar-refractivity contribution is -0.155. The van der Waals surface area contributed by atoms with Gasteiger partial charge in [-0.25, -0.2) is 0 Å². The van der Waals surface area contributed by atoms with Gasteiger partial charge in [-0.3, -0.25) is 34.1 Å². The fourth-order valence-electron chi connectivity index (χ4n) is 10.2. The molecule has 0 radical (unpaired) electrons. The molecule has 3 unspecified atom stereocenters. The molecule has 0 aromatic heterocycles. The number of carbonyl (C=O) groups excluding carboxylic acids is 4. The third-order valence-corrected chi connectivity index (χ3v) is 14.3. The van der Waals surface area contributed by atoms with E-state index in [-0.39, 0.29) is 87.0 Å². The van der Waals surface area contributed by atoms with Crippen LogP contribution >= 0.6 is 0 Å². The van der Waals surface area contributed by atoms with Crippen molar-refractivity contribution >= 4 is 40.0 Å². The van der Waals surface area contributed by atoms with Gasteiger partial charge in [0.1, 0.15) is 35.1 Å². The summed E-state index contributed by atoms with van der Waals surface area (Å²) < 4.78 is 18.2. The Kier molecular flexibility index (Phi) is 15.4. The van der Waals surface area contributed by atoms with Crippen LogP contribution in [0, 0.1) is 18.8 Å². The largest absolute Gasteiger partial charge is 0.507 e. The van der Waals surface area contributed by atoms with E-state index >= 15 is 0 Å². The van der Waals surface area contributed by atoms with E-state index in [1.807, 2.05) is 18.2 Å². The van der Waals surface area contributed by atoms with Gasteiger partial charge >= 0.3 is 11.8 Å². The summed E-state index contributed by atoms with van der Waals surface area (Å²) in [4.78, 5) is 71.9. The van der Waals surface area contributed by atoms with Crippen molar-refractivity contribution < 1.29 is 53.8 Å². The number of esters is 1. The van der Waals surface area contributed by atoms with Gasteiger partial charge < -0.3 is 49.8 Å². The van der Waals surface area contributed by atoms with Gasteiger partial charge in [0.25, 0.3) is 11.7 Å². The summed E-state index contributed by atoms with van der Waals surface area (Å²) in [5, 5.41) is 49.7. The number of Topliss-reactive ketones (excluding diaryl/α,β-unsaturated/α-hetero) is 1. The van der Waals surface area contributed by atoms with Crippen LogP contribution < -0.4 is 20.8 Å². The van der Waals surface area contributed by atoms with Gasteiger partial charge in [0.15, 0.2) is 11.4 Å². The monoisotopic (exact) mass is 976 g/mol. The smallest absolute Gasteiger partial charge is 0.315 e. The number of benzene rings is 3. The second-order valence-corrected chi connectivity index (χ2v) is 20.4. The Morgan fingerprint density at radius 3 is 2.34 bits per heavy atom. The van der Waals surface area contributed by atoms with E-state index in [4.69, 9.17) is 24.2 Å². The molecule has 71 heavy (non-hydrogen) atoms. The average molecular weight is 977 g/mol. The van der Waals surface area contributed by atoms with Gasteiger partial charge in [-0.05, 0) is 50.7 Å². The maximum absolute atomic E-state index is 14.7. The highest BCUT2D eigenvalue weighted by atomic mass is 16.7. The number of nitrogens with one attached hydrogen (secondary N) is 1. The number of piperazine rings is 1. The molecule has 2 amide bonds. The zero-order valence-electron chi connectivity index (χ0n) is 41.6. The Morgan fingerprint density at radius 1 is 0.930 bits per heavy atom. The van der Waals surface area contributed by atoms with Crippen LogP contribution in [0.15, 0.2) is 76.5 Å². The SMILES string of the molecule is C/C1=C/C=C/C(C)[C@H](O)CC(O)C[C@H](OC(=O)CC(=O)N2CCN(Cc3ccccc3)CC2)CC/C=C/OC2(C)Oc3c(C)c(O)c4c(O)c(c5c(c4c3C2=O)=NC2(CCN(CC(C)C)CC2)N=5)NC1=O. The number of carbonyl (C=O) groups is 4. The predicted octanol–water partition coefficient (Wildman–Crippen LogP) is 5.10. The maximum Gasteiger partial charge on any atom is 0.315 e. The summed E-state index contributed by atoms with van der Waals surface area (Å²) in [6, 6.07) is 10.1. The minimum absolute atomic E-state index is 0.0304. The van der Waals surface area contributed by atoms with Crippen LogP contribution in [0.3, 0.4) is 0 Å². The van der Waals surface area contributed by atoms with Crippen LogP contribution in [0.2, 0.25) is 0 Å². The minimum Gasteiger partial charge on any atom is -0.507 e. The normalized spacial score (nSPS) is 27.0. The molecular formula is C54H68N6O11. The van der Waals surface area contributed by atoms with Crippen molar-refractivity contribution in [2.75, 3.05) is 51.1 Å². The molecule has 5 bridgehead atoms. The van der Waals surface area contributed by atoms with Crippen LogP contribution in [0.25, 0.3) is 10.8 Å². The molecule has 17 nitrogen and oxygen atoms in total. The second kappa shape index (κ2) is 21.3. The zero-order chi connectivity index (χ0) is 50.8. The summed E-state index contributed by atoms with van der Waals surface area (Å²) in [7, 11) is 0. The number of hydrogen-bond acceptors (Lipinski definition) is 15. The molecule has 6 aliphatic heterocycles. The van der Waals surface area contributed by atoms with E-state index in [9.17, 15) is 39.6 Å². The zero-order valence-corrected chi connectivity index (χ0v) is 41.6. The number of fused-ring (bicyclic) bond motifs is 13. The Balaban J connectivity index is 1.06. The number of rotatable bonds is 7. The molecule has 5 atom stereocenters. The Bertz CT molecular complexity index is 2760. The Morgan fingerprint density at radius 2 is 1.63 bits per heavy atom. The van der Waals surface area contributed by atoms with Crippen molar-refractivity contribution in [2.45, 2.75) is 123 Å². The standard InChI is InChI=1S/C54H68N6O11/c1-32(2)30-58-20-18-54(19-21-58)56-45-42-43-48(65)35(5)50-44(42)51(67)53(6,71-50)69-26-11-10-17-38(70-41(64)29-40(63)60-24-22-59(23-25-60)31-36-15-8-7-9-16-36)27-37(61)28-39(62)33(3)13-12-14-34(4)52(68)55-47(49(43)66)46(45)57-54/h7-9,11-16,26,32-33,37-39,61-62,65-66H,10,17-25,27-31H2,1-6H3,(H,55,68)/b13-12+,26-11+,34-14-/t33?,37?,38-,39-,53?/m1/s1. The third-order valence-electron chi connectivity index (χ3n) is 14.3. The molecule has 3 aromatic rings. The molecule has 380 valence electrons. The van der Waals surface area contributed by atoms with Crippen molar-refractivity contribution in [3.8, 4) is 17.2 Å². The topological polar surface area (TPSA) is 223 Å². The lowest BCUT2D eigenvalue weighted by Gasteiger charge is -2.36. The van der Waals surface area contributed by atoms with Gasteiger partial charge in [0.05, 0.1) is 34.8 Å². The van der Waals surface area contributed by atoms with Crippen molar-refractivity contribution in [3.05, 3.63) is 93.9 Å². The third kappa shape index (κ3) is 11.2. The summed E-state index contributed by atoms with van der Waals surface area (Å²) in [5.74, 6) is -5.02. The molecule has 0 aliphatic carbocycles. The Labute approximate surface area is 414 Å². The average Bonchev–Trinajstić information content (AvgIpc) is 3.83. The molecule has 9 rings (SSSR count). The number of nitrogens with zero attached hydrogens (tertiary/aromatic N) is 5. The number of piperidine rings is 1.